The van der Waals surface area contributed by atoms with Gasteiger partial charge in [-0.1, -0.05) is 87.4 Å². The van der Waals surface area contributed by atoms with E-state index in [0.29, 0.717) is 26.4 Å². The summed E-state index contributed by atoms with van der Waals surface area (Å²) >= 11 is 3.69. The highest BCUT2D eigenvalue weighted by atomic mass is 32.1. The van der Waals surface area contributed by atoms with Crippen LogP contribution in [0, 0.1) is 0 Å². The molecule has 2 heterocycles. The molecule has 4 aromatic rings. The Kier molecular flexibility index (Phi) is 15.9. The molecule has 0 saturated carbocycles. The quantitative estimate of drug-likeness (QED) is 0.0638. The maximum absolute atomic E-state index is 5.74. The molecule has 0 aliphatic heterocycles. The number of hydrogen-bond donors (Lipinski definition) is 0. The van der Waals surface area contributed by atoms with Gasteiger partial charge < -0.3 is 18.9 Å². The zero-order valence-corrected chi connectivity index (χ0v) is 28.1. The molecule has 0 aliphatic rings. The van der Waals surface area contributed by atoms with E-state index in [9.17, 15) is 0 Å². The Balaban J connectivity index is 1.17. The summed E-state index contributed by atoms with van der Waals surface area (Å²) in [6, 6.07) is 26.5. The second kappa shape index (κ2) is 20.5. The van der Waals surface area contributed by atoms with Gasteiger partial charge in [-0.3, -0.25) is 0 Å². The molecule has 0 spiro atoms. The number of ether oxygens (including phenoxy) is 4. The van der Waals surface area contributed by atoms with Crippen LogP contribution in [0.3, 0.4) is 0 Å². The minimum atomic E-state index is 0.670. The molecule has 2 aromatic heterocycles. The smallest absolute Gasteiger partial charge is 0.0700 e. The third kappa shape index (κ3) is 12.4. The monoisotopic (exact) mass is 632 g/mol. The molecule has 0 radical (unpaired) electrons. The molecule has 2 aromatic carbocycles. The minimum absolute atomic E-state index is 0.670. The lowest BCUT2D eigenvalue weighted by atomic mass is 10.1. The zero-order valence-electron chi connectivity index (χ0n) is 26.4. The van der Waals surface area contributed by atoms with Crippen molar-refractivity contribution in [3.8, 4) is 20.9 Å². The maximum atomic E-state index is 5.74. The first-order valence-corrected chi connectivity index (χ1v) is 17.8. The largest absolute Gasteiger partial charge is 0.379 e. The average Bonchev–Trinajstić information content (AvgIpc) is 3.73. The second-order valence-corrected chi connectivity index (χ2v) is 13.1. The Morgan fingerprint density at radius 1 is 0.455 bits per heavy atom. The van der Waals surface area contributed by atoms with Gasteiger partial charge in [-0.25, -0.2) is 0 Å². The fraction of sp³-hybridized carbons (Fsp3) is 0.421. The molecule has 0 amide bonds. The highest BCUT2D eigenvalue weighted by molar-refractivity contribution is 7.15. The molecule has 0 bridgehead atoms. The summed E-state index contributed by atoms with van der Waals surface area (Å²) in [5.74, 6) is 0. The van der Waals surface area contributed by atoms with Gasteiger partial charge in [0.15, 0.2) is 0 Å². The molecule has 0 unspecified atom stereocenters. The van der Waals surface area contributed by atoms with E-state index in [-0.39, 0.29) is 0 Å². The molecule has 0 fully saturated rings. The molecule has 44 heavy (non-hydrogen) atoms. The summed E-state index contributed by atoms with van der Waals surface area (Å²) in [4.78, 5) is 5.30. The van der Waals surface area contributed by atoms with Crippen LogP contribution in [0.4, 0.5) is 0 Å². The van der Waals surface area contributed by atoms with Crippen LogP contribution in [0.5, 0.6) is 0 Å². The van der Waals surface area contributed by atoms with Crippen LogP contribution in [0.2, 0.25) is 0 Å². The van der Waals surface area contributed by atoms with Crippen LogP contribution in [0.1, 0.15) is 60.4 Å². The Bertz CT molecular complexity index is 1230. The number of hydrogen-bond acceptors (Lipinski definition) is 6. The van der Waals surface area contributed by atoms with Crippen LogP contribution in [-0.2, 0) is 31.8 Å². The molecule has 4 rings (SSSR count). The van der Waals surface area contributed by atoms with Gasteiger partial charge in [0.1, 0.15) is 0 Å². The van der Waals surface area contributed by atoms with Gasteiger partial charge in [0.2, 0.25) is 0 Å². The molecule has 236 valence electrons. The molecular weight excluding hydrogens is 585 g/mol. The Morgan fingerprint density at radius 3 is 1.23 bits per heavy atom. The van der Waals surface area contributed by atoms with Crippen LogP contribution >= 0.6 is 22.7 Å². The summed E-state index contributed by atoms with van der Waals surface area (Å²) in [7, 11) is 0. The van der Waals surface area contributed by atoms with Crippen molar-refractivity contribution in [2.75, 3.05) is 52.9 Å². The van der Waals surface area contributed by atoms with E-state index in [1.807, 2.05) is 22.7 Å². The van der Waals surface area contributed by atoms with E-state index in [0.717, 1.165) is 52.1 Å². The summed E-state index contributed by atoms with van der Waals surface area (Å²) in [6.45, 7) is 10.2. The van der Waals surface area contributed by atoms with Crippen LogP contribution in [0.15, 0.2) is 72.8 Å². The van der Waals surface area contributed by atoms with Gasteiger partial charge >= 0.3 is 0 Å². The van der Waals surface area contributed by atoms with Gasteiger partial charge in [-0.2, -0.15) is 0 Å². The van der Waals surface area contributed by atoms with Crippen LogP contribution in [-0.4, -0.2) is 52.9 Å². The van der Waals surface area contributed by atoms with Crippen molar-refractivity contribution in [1.29, 1.82) is 0 Å². The summed E-state index contributed by atoms with van der Waals surface area (Å²) < 4.78 is 22.6. The van der Waals surface area contributed by atoms with Gasteiger partial charge in [-0.05, 0) is 59.4 Å². The number of benzene rings is 2. The van der Waals surface area contributed by atoms with Gasteiger partial charge in [0.05, 0.1) is 39.6 Å². The highest BCUT2D eigenvalue weighted by Crippen LogP contribution is 2.30. The summed E-state index contributed by atoms with van der Waals surface area (Å²) in [6.07, 6.45) is 10.8. The lowest BCUT2D eigenvalue weighted by molar-refractivity contribution is 0.0480. The molecule has 0 saturated heterocycles. The van der Waals surface area contributed by atoms with Crippen molar-refractivity contribution in [2.24, 2.45) is 0 Å². The lowest BCUT2D eigenvalue weighted by Gasteiger charge is -2.04. The fourth-order valence-electron chi connectivity index (χ4n) is 4.53. The predicted molar refractivity (Wildman–Crippen MR) is 189 cm³/mol. The van der Waals surface area contributed by atoms with Crippen molar-refractivity contribution >= 4 is 34.8 Å². The van der Waals surface area contributed by atoms with Crippen molar-refractivity contribution in [2.45, 2.75) is 52.4 Å². The number of thiophene rings is 2. The molecule has 4 nitrogen and oxygen atoms in total. The molecule has 0 N–H and O–H groups in total. The summed E-state index contributed by atoms with van der Waals surface area (Å²) in [5, 5.41) is 0. The zero-order chi connectivity index (χ0) is 30.7. The maximum Gasteiger partial charge on any atom is 0.0700 e. The fourth-order valence-corrected chi connectivity index (χ4v) is 6.51. The number of rotatable bonds is 22. The molecular formula is C38H48O4S2. The van der Waals surface area contributed by atoms with Crippen molar-refractivity contribution in [3.05, 3.63) is 93.7 Å². The topological polar surface area (TPSA) is 36.9 Å². The van der Waals surface area contributed by atoms with E-state index in [2.05, 4.69) is 98.8 Å². The van der Waals surface area contributed by atoms with E-state index in [1.165, 1.54) is 54.6 Å². The Hall–Kier alpha value is -2.58. The third-order valence-corrected chi connectivity index (χ3v) is 9.58. The van der Waals surface area contributed by atoms with Gasteiger partial charge in [0.25, 0.3) is 0 Å². The van der Waals surface area contributed by atoms with E-state index in [4.69, 9.17) is 18.9 Å². The highest BCUT2D eigenvalue weighted by Gasteiger charge is 2.05. The normalized spacial score (nSPS) is 11.6. The molecule has 0 aliphatic carbocycles. The first-order valence-electron chi connectivity index (χ1n) is 16.1. The molecule has 0 atom stereocenters. The lowest BCUT2D eigenvalue weighted by Crippen LogP contribution is -2.07. The Labute approximate surface area is 272 Å². The van der Waals surface area contributed by atoms with E-state index in [1.54, 1.807) is 0 Å². The number of unbranched alkanes of at least 4 members (excludes halogenated alkanes) is 2. The van der Waals surface area contributed by atoms with Crippen molar-refractivity contribution < 1.29 is 18.9 Å². The first kappa shape index (κ1) is 34.3. The minimum Gasteiger partial charge on any atom is -0.379 e. The second-order valence-electron chi connectivity index (χ2n) is 10.8. The third-order valence-electron chi connectivity index (χ3n) is 7.20. The van der Waals surface area contributed by atoms with Gasteiger partial charge in [0, 0.05) is 45.6 Å². The standard InChI is InChI=1S/C38H48O4S2/c1-3-5-23-39-27-29-41-25-21-35-17-19-37(43-35)33-13-9-31(10-14-33)7-8-32-11-15-34(16-12-32)38-20-18-36(44-38)22-26-42-30-28-40-24-6-4-2/h7-20H,3-6,21-30H2,1-2H3/b8-7+. The Morgan fingerprint density at radius 2 is 0.841 bits per heavy atom. The van der Waals surface area contributed by atoms with Gasteiger partial charge in [-0.15, -0.1) is 22.7 Å². The SMILES string of the molecule is CCCCOCCOCCc1ccc(-c2ccc(/C=C/c3ccc(-c4ccc(CCOCCOCCCC)s4)cc3)cc2)s1. The van der Waals surface area contributed by atoms with E-state index < -0.39 is 0 Å². The first-order chi connectivity index (χ1) is 21.7. The predicted octanol–water partition coefficient (Wildman–Crippen LogP) is 10.1. The molecule has 6 heteroatoms. The van der Waals surface area contributed by atoms with Crippen molar-refractivity contribution in [3.63, 3.8) is 0 Å². The average molecular weight is 633 g/mol. The summed E-state index contributed by atoms with van der Waals surface area (Å²) in [5.41, 5.74) is 4.90. The van der Waals surface area contributed by atoms with E-state index >= 15 is 0 Å². The van der Waals surface area contributed by atoms with Crippen LogP contribution in [0.25, 0.3) is 33.0 Å². The van der Waals surface area contributed by atoms with Crippen LogP contribution < -0.4 is 0 Å². The van der Waals surface area contributed by atoms with Crippen molar-refractivity contribution in [1.82, 2.24) is 0 Å².